The first-order valence-electron chi connectivity index (χ1n) is 8.55. The van der Waals surface area contributed by atoms with Crippen molar-refractivity contribution in [2.75, 3.05) is 11.4 Å². The molecule has 3 amide bonds. The van der Waals surface area contributed by atoms with Crippen molar-refractivity contribution in [3.05, 3.63) is 46.2 Å². The molecule has 0 atom stereocenters. The van der Waals surface area contributed by atoms with Gasteiger partial charge in [-0.05, 0) is 44.5 Å². The highest BCUT2D eigenvalue weighted by Gasteiger charge is 2.24. The summed E-state index contributed by atoms with van der Waals surface area (Å²) in [4.78, 5) is 37.9. The fourth-order valence-corrected chi connectivity index (χ4v) is 3.19. The van der Waals surface area contributed by atoms with Gasteiger partial charge in [0.15, 0.2) is 0 Å². The van der Waals surface area contributed by atoms with Crippen LogP contribution in [0, 0.1) is 13.8 Å². The Morgan fingerprint density at radius 2 is 2.00 bits per heavy atom. The molecule has 1 aliphatic heterocycles. The monoisotopic (exact) mass is 389 g/mol. The number of carbonyl (C=O) groups is 3. The van der Waals surface area contributed by atoms with E-state index >= 15 is 0 Å². The van der Waals surface area contributed by atoms with Gasteiger partial charge in [0.05, 0.1) is 16.4 Å². The standard InChI is InChI=1S/C18H20ClN5O3/c1-11-8-12(2)24(22-11)10-16(25)20-21-18(27)13-5-6-14(19)15(9-13)23-7-3-4-17(23)26/h5-6,8-9H,3-4,7,10H2,1-2H3,(H,20,25)(H,21,27). The molecule has 0 unspecified atom stereocenters. The minimum atomic E-state index is -0.499. The minimum absolute atomic E-state index is 0.00585. The summed E-state index contributed by atoms with van der Waals surface area (Å²) >= 11 is 6.18. The number of rotatable bonds is 4. The molecule has 1 aromatic heterocycles. The third kappa shape index (κ3) is 4.28. The highest BCUT2D eigenvalue weighted by Crippen LogP contribution is 2.30. The SMILES string of the molecule is Cc1cc(C)n(CC(=O)NNC(=O)c2ccc(Cl)c(N3CCCC3=O)c2)n1. The molecule has 2 aromatic rings. The normalized spacial score (nSPS) is 13.7. The highest BCUT2D eigenvalue weighted by molar-refractivity contribution is 6.34. The predicted octanol–water partition coefficient (Wildman–Crippen LogP) is 1.74. The summed E-state index contributed by atoms with van der Waals surface area (Å²) in [5.74, 6) is -0.924. The first kappa shape index (κ1) is 18.9. The van der Waals surface area contributed by atoms with Crippen LogP contribution in [0.25, 0.3) is 0 Å². The number of hydrogen-bond donors (Lipinski definition) is 2. The Kier molecular flexibility index (Phi) is 5.46. The van der Waals surface area contributed by atoms with Gasteiger partial charge in [0.1, 0.15) is 6.54 Å². The average molecular weight is 390 g/mol. The second-order valence-corrected chi connectivity index (χ2v) is 6.81. The molecule has 1 fully saturated rings. The van der Waals surface area contributed by atoms with Gasteiger partial charge in [0.2, 0.25) is 5.91 Å². The van der Waals surface area contributed by atoms with Gasteiger partial charge in [-0.15, -0.1) is 0 Å². The zero-order valence-corrected chi connectivity index (χ0v) is 15.8. The number of aromatic nitrogens is 2. The van der Waals surface area contributed by atoms with Crippen molar-refractivity contribution >= 4 is 35.0 Å². The molecule has 2 N–H and O–H groups in total. The van der Waals surface area contributed by atoms with Crippen molar-refractivity contribution in [3.63, 3.8) is 0 Å². The van der Waals surface area contributed by atoms with Crippen LogP contribution in [-0.4, -0.2) is 34.0 Å². The summed E-state index contributed by atoms with van der Waals surface area (Å²) in [6.07, 6.45) is 1.23. The van der Waals surface area contributed by atoms with Crippen molar-refractivity contribution in [2.24, 2.45) is 0 Å². The minimum Gasteiger partial charge on any atom is -0.311 e. The number of benzene rings is 1. The molecule has 1 saturated heterocycles. The highest BCUT2D eigenvalue weighted by atomic mass is 35.5. The lowest BCUT2D eigenvalue weighted by molar-refractivity contribution is -0.122. The Balaban J connectivity index is 1.63. The summed E-state index contributed by atoms with van der Waals surface area (Å²) in [6.45, 7) is 4.25. The molecule has 0 aliphatic carbocycles. The van der Waals surface area contributed by atoms with Crippen LogP contribution < -0.4 is 15.8 Å². The molecule has 27 heavy (non-hydrogen) atoms. The zero-order chi connectivity index (χ0) is 19.6. The van der Waals surface area contributed by atoms with Gasteiger partial charge < -0.3 is 4.90 Å². The summed E-state index contributed by atoms with van der Waals surface area (Å²) in [5.41, 5.74) is 7.19. The predicted molar refractivity (Wildman–Crippen MR) is 100 cm³/mol. The fraction of sp³-hybridized carbons (Fsp3) is 0.333. The van der Waals surface area contributed by atoms with E-state index in [9.17, 15) is 14.4 Å². The molecule has 0 bridgehead atoms. The quantitative estimate of drug-likeness (QED) is 0.778. The molecule has 8 nitrogen and oxygen atoms in total. The maximum Gasteiger partial charge on any atom is 0.269 e. The van der Waals surface area contributed by atoms with Gasteiger partial charge in [0, 0.05) is 24.2 Å². The first-order chi connectivity index (χ1) is 12.8. The molecule has 1 aliphatic rings. The van der Waals surface area contributed by atoms with Gasteiger partial charge >= 0.3 is 0 Å². The van der Waals surface area contributed by atoms with Crippen molar-refractivity contribution < 1.29 is 14.4 Å². The third-order valence-electron chi connectivity index (χ3n) is 4.28. The summed E-state index contributed by atoms with van der Waals surface area (Å²) in [5, 5.41) is 4.60. The van der Waals surface area contributed by atoms with E-state index in [1.165, 1.54) is 6.07 Å². The van der Waals surface area contributed by atoms with Crippen LogP contribution in [0.1, 0.15) is 34.6 Å². The third-order valence-corrected chi connectivity index (χ3v) is 4.60. The van der Waals surface area contributed by atoms with Crippen molar-refractivity contribution in [1.29, 1.82) is 0 Å². The van der Waals surface area contributed by atoms with E-state index in [-0.39, 0.29) is 12.5 Å². The van der Waals surface area contributed by atoms with Crippen LogP contribution in [0.2, 0.25) is 5.02 Å². The van der Waals surface area contributed by atoms with Gasteiger partial charge in [-0.3, -0.25) is 29.9 Å². The van der Waals surface area contributed by atoms with Crippen LogP contribution in [-0.2, 0) is 16.1 Å². The number of aryl methyl sites for hydroxylation is 2. The summed E-state index contributed by atoms with van der Waals surface area (Å²) in [7, 11) is 0. The Hall–Kier alpha value is -2.87. The van der Waals surface area contributed by atoms with E-state index < -0.39 is 11.8 Å². The Morgan fingerprint density at radius 1 is 1.22 bits per heavy atom. The molecular formula is C18H20ClN5O3. The van der Waals surface area contributed by atoms with Crippen LogP contribution in [0.4, 0.5) is 5.69 Å². The number of anilines is 1. The van der Waals surface area contributed by atoms with E-state index in [0.717, 1.165) is 17.8 Å². The van der Waals surface area contributed by atoms with E-state index in [1.807, 2.05) is 19.9 Å². The van der Waals surface area contributed by atoms with Crippen LogP contribution >= 0.6 is 11.6 Å². The average Bonchev–Trinajstić information content (AvgIpc) is 3.18. The second kappa shape index (κ2) is 7.79. The van der Waals surface area contributed by atoms with Gasteiger partial charge in [-0.1, -0.05) is 11.6 Å². The van der Waals surface area contributed by atoms with Gasteiger partial charge in [0.25, 0.3) is 11.8 Å². The van der Waals surface area contributed by atoms with E-state index in [2.05, 4.69) is 16.0 Å². The summed E-state index contributed by atoms with van der Waals surface area (Å²) < 4.78 is 1.55. The van der Waals surface area contributed by atoms with Crippen molar-refractivity contribution in [1.82, 2.24) is 20.6 Å². The number of halogens is 1. The number of carbonyl (C=O) groups excluding carboxylic acids is 3. The molecule has 0 saturated carbocycles. The number of nitrogens with zero attached hydrogens (tertiary/aromatic N) is 3. The Labute approximate surface area is 161 Å². The Bertz CT molecular complexity index is 908. The van der Waals surface area contributed by atoms with Crippen LogP contribution in [0.15, 0.2) is 24.3 Å². The number of hydrazine groups is 1. The van der Waals surface area contributed by atoms with Crippen molar-refractivity contribution in [2.45, 2.75) is 33.2 Å². The number of amides is 3. The second-order valence-electron chi connectivity index (χ2n) is 6.40. The van der Waals surface area contributed by atoms with E-state index in [4.69, 9.17) is 11.6 Å². The maximum absolute atomic E-state index is 12.3. The largest absolute Gasteiger partial charge is 0.311 e. The van der Waals surface area contributed by atoms with E-state index in [1.54, 1.807) is 21.7 Å². The molecule has 142 valence electrons. The van der Waals surface area contributed by atoms with Crippen LogP contribution in [0.3, 0.4) is 0 Å². The smallest absolute Gasteiger partial charge is 0.269 e. The fourth-order valence-electron chi connectivity index (χ4n) is 2.97. The zero-order valence-electron chi connectivity index (χ0n) is 15.1. The molecule has 9 heteroatoms. The van der Waals surface area contributed by atoms with E-state index in [0.29, 0.717) is 29.2 Å². The van der Waals surface area contributed by atoms with Gasteiger partial charge in [-0.25, -0.2) is 0 Å². The first-order valence-corrected chi connectivity index (χ1v) is 8.93. The number of hydrogen-bond acceptors (Lipinski definition) is 4. The number of nitrogens with one attached hydrogen (secondary N) is 2. The molecule has 2 heterocycles. The van der Waals surface area contributed by atoms with Crippen LogP contribution in [0.5, 0.6) is 0 Å². The molecular weight excluding hydrogens is 370 g/mol. The molecule has 1 aromatic carbocycles. The maximum atomic E-state index is 12.3. The Morgan fingerprint density at radius 3 is 2.63 bits per heavy atom. The van der Waals surface area contributed by atoms with Crippen molar-refractivity contribution in [3.8, 4) is 0 Å². The molecule has 0 radical (unpaired) electrons. The topological polar surface area (TPSA) is 96.3 Å². The lowest BCUT2D eigenvalue weighted by atomic mass is 10.2. The molecule has 3 rings (SSSR count). The van der Waals surface area contributed by atoms with Gasteiger partial charge in [-0.2, -0.15) is 5.10 Å². The molecule has 0 spiro atoms. The lowest BCUT2D eigenvalue weighted by Crippen LogP contribution is -2.43. The summed E-state index contributed by atoms with van der Waals surface area (Å²) in [6, 6.07) is 6.51. The lowest BCUT2D eigenvalue weighted by Gasteiger charge is -2.18.